The molecule has 8 nitrogen and oxygen atoms in total. The molecule has 3 heterocycles. The molecule has 4 aromatic rings. The number of carbonyl (C=O) groups excluding carboxylic acids is 1. The standard InChI is InChI=1S/C27H26FN7O/c1-34-12-14-35(15-13-34)24-9-8-22(18-29-24)32-27-30-17-20-5-3-7-23(26(20)33-27)19-4-2-6-21(16-19)31-25(36)10-11-28/h2-11,16-18H,12-15H2,1H3,(H,31,36)(H,30,32,33)/b11-10+. The van der Waals surface area contributed by atoms with Gasteiger partial charge in [-0.2, -0.15) is 0 Å². The topological polar surface area (TPSA) is 86.3 Å². The number of nitrogens with one attached hydrogen (secondary N) is 2. The highest BCUT2D eigenvalue weighted by Gasteiger charge is 2.15. The van der Waals surface area contributed by atoms with Crippen LogP contribution in [0.1, 0.15) is 0 Å². The van der Waals surface area contributed by atoms with Crippen LogP contribution in [-0.4, -0.2) is 59.0 Å². The van der Waals surface area contributed by atoms with Crippen molar-refractivity contribution in [3.63, 3.8) is 0 Å². The van der Waals surface area contributed by atoms with Gasteiger partial charge < -0.3 is 20.4 Å². The third-order valence-electron chi connectivity index (χ3n) is 6.10. The minimum Gasteiger partial charge on any atom is -0.354 e. The van der Waals surface area contributed by atoms with Gasteiger partial charge in [0.15, 0.2) is 0 Å². The van der Waals surface area contributed by atoms with Crippen molar-refractivity contribution in [1.82, 2.24) is 19.9 Å². The third kappa shape index (κ3) is 5.31. The smallest absolute Gasteiger partial charge is 0.250 e. The van der Waals surface area contributed by atoms with Crippen LogP contribution < -0.4 is 15.5 Å². The number of hydrogen-bond acceptors (Lipinski definition) is 7. The van der Waals surface area contributed by atoms with E-state index in [1.807, 2.05) is 48.5 Å². The molecule has 36 heavy (non-hydrogen) atoms. The van der Waals surface area contributed by atoms with Gasteiger partial charge in [0.05, 0.1) is 23.7 Å². The Labute approximate surface area is 208 Å². The summed E-state index contributed by atoms with van der Waals surface area (Å²) in [6.07, 6.45) is 4.62. The number of anilines is 4. The Balaban J connectivity index is 1.38. The second-order valence-corrected chi connectivity index (χ2v) is 8.62. The maximum atomic E-state index is 12.3. The van der Waals surface area contributed by atoms with Gasteiger partial charge in [0.25, 0.3) is 5.91 Å². The summed E-state index contributed by atoms with van der Waals surface area (Å²) in [5.41, 5.74) is 3.88. The van der Waals surface area contributed by atoms with Gasteiger partial charge in [-0.15, -0.1) is 0 Å². The molecule has 0 radical (unpaired) electrons. The van der Waals surface area contributed by atoms with Crippen LogP contribution in [0.4, 0.5) is 27.5 Å². The lowest BCUT2D eigenvalue weighted by Gasteiger charge is -2.33. The van der Waals surface area contributed by atoms with Crippen LogP contribution in [-0.2, 0) is 4.79 Å². The second-order valence-electron chi connectivity index (χ2n) is 8.62. The van der Waals surface area contributed by atoms with Crippen LogP contribution in [0.3, 0.4) is 0 Å². The summed E-state index contributed by atoms with van der Waals surface area (Å²) < 4.78 is 12.3. The van der Waals surface area contributed by atoms with E-state index in [-0.39, 0.29) is 6.33 Å². The lowest BCUT2D eigenvalue weighted by molar-refractivity contribution is -0.111. The zero-order valence-corrected chi connectivity index (χ0v) is 19.9. The van der Waals surface area contributed by atoms with Gasteiger partial charge >= 0.3 is 0 Å². The largest absolute Gasteiger partial charge is 0.354 e. The van der Waals surface area contributed by atoms with E-state index in [9.17, 15) is 9.18 Å². The van der Waals surface area contributed by atoms with Crippen molar-refractivity contribution in [1.29, 1.82) is 0 Å². The number of likely N-dealkylation sites (N-methyl/N-ethyl adjacent to an activating group) is 1. The highest BCUT2D eigenvalue weighted by atomic mass is 19.1. The number of rotatable bonds is 6. The number of hydrogen-bond donors (Lipinski definition) is 2. The monoisotopic (exact) mass is 483 g/mol. The molecule has 1 saturated heterocycles. The predicted octanol–water partition coefficient (Wildman–Crippen LogP) is 4.61. The summed E-state index contributed by atoms with van der Waals surface area (Å²) in [6.45, 7) is 3.98. The fraction of sp³-hybridized carbons (Fsp3) is 0.185. The number of carbonyl (C=O) groups is 1. The number of para-hydroxylation sites is 1. The van der Waals surface area contributed by atoms with E-state index in [2.05, 4.69) is 37.4 Å². The van der Waals surface area contributed by atoms with Crippen LogP contribution in [0.2, 0.25) is 0 Å². The Morgan fingerprint density at radius 1 is 0.972 bits per heavy atom. The Hall–Kier alpha value is -4.37. The molecule has 0 bridgehead atoms. The molecule has 2 aromatic heterocycles. The van der Waals surface area contributed by atoms with Crippen LogP contribution in [0.25, 0.3) is 22.0 Å². The number of piperazine rings is 1. The zero-order valence-electron chi connectivity index (χ0n) is 19.9. The summed E-state index contributed by atoms with van der Waals surface area (Å²) >= 11 is 0. The summed E-state index contributed by atoms with van der Waals surface area (Å²) in [7, 11) is 2.13. The molecular formula is C27H26FN7O. The van der Waals surface area contributed by atoms with Crippen LogP contribution in [0.15, 0.2) is 79.4 Å². The van der Waals surface area contributed by atoms with Gasteiger partial charge in [-0.05, 0) is 36.9 Å². The van der Waals surface area contributed by atoms with Gasteiger partial charge in [-0.3, -0.25) is 4.79 Å². The van der Waals surface area contributed by atoms with Gasteiger partial charge in [-0.1, -0.05) is 30.3 Å². The lowest BCUT2D eigenvalue weighted by Crippen LogP contribution is -2.44. The average Bonchev–Trinajstić information content (AvgIpc) is 2.89. The summed E-state index contributed by atoms with van der Waals surface area (Å²) in [6, 6.07) is 17.2. The number of halogens is 1. The molecule has 1 fully saturated rings. The van der Waals surface area contributed by atoms with Crippen LogP contribution >= 0.6 is 0 Å². The first-order valence-electron chi connectivity index (χ1n) is 11.7. The first-order chi connectivity index (χ1) is 17.6. The minimum absolute atomic E-state index is 0.213. The molecule has 5 rings (SSSR count). The summed E-state index contributed by atoms with van der Waals surface area (Å²) in [4.78, 5) is 30.2. The molecular weight excluding hydrogens is 457 g/mol. The molecule has 9 heteroatoms. The minimum atomic E-state index is -0.534. The van der Waals surface area contributed by atoms with E-state index >= 15 is 0 Å². The first kappa shape index (κ1) is 23.4. The molecule has 2 aromatic carbocycles. The summed E-state index contributed by atoms with van der Waals surface area (Å²) in [5.74, 6) is 0.889. The van der Waals surface area contributed by atoms with Crippen molar-refractivity contribution < 1.29 is 9.18 Å². The lowest BCUT2D eigenvalue weighted by atomic mass is 10.0. The fourth-order valence-electron chi connectivity index (χ4n) is 4.17. The Kier molecular flexibility index (Phi) is 6.81. The molecule has 0 spiro atoms. The SMILES string of the molecule is CN1CCN(c2ccc(Nc3ncc4cccc(-c5cccc(NC(=O)/C=C/F)c5)c4n3)cn2)CC1. The highest BCUT2D eigenvalue weighted by Crippen LogP contribution is 2.30. The second kappa shape index (κ2) is 10.5. The normalized spacial score (nSPS) is 14.3. The van der Waals surface area contributed by atoms with Gasteiger partial charge in [0.1, 0.15) is 5.82 Å². The Bertz CT molecular complexity index is 1400. The maximum Gasteiger partial charge on any atom is 0.250 e. The van der Waals surface area contributed by atoms with Crippen molar-refractivity contribution >= 4 is 40.0 Å². The van der Waals surface area contributed by atoms with Gasteiger partial charge in [0.2, 0.25) is 5.95 Å². The third-order valence-corrected chi connectivity index (χ3v) is 6.10. The van der Waals surface area contributed by atoms with Gasteiger partial charge in [0, 0.05) is 55.1 Å². The van der Waals surface area contributed by atoms with Crippen molar-refractivity contribution in [2.24, 2.45) is 0 Å². The number of pyridine rings is 1. The number of aromatic nitrogens is 3. The summed E-state index contributed by atoms with van der Waals surface area (Å²) in [5, 5.41) is 6.79. The van der Waals surface area contributed by atoms with Crippen LogP contribution in [0, 0.1) is 0 Å². The van der Waals surface area contributed by atoms with E-state index in [1.54, 1.807) is 18.5 Å². The van der Waals surface area contributed by atoms with E-state index in [1.165, 1.54) is 0 Å². The number of amides is 1. The molecule has 1 aliphatic heterocycles. The molecule has 0 unspecified atom stereocenters. The van der Waals surface area contributed by atoms with E-state index in [4.69, 9.17) is 4.98 Å². The van der Waals surface area contributed by atoms with E-state index < -0.39 is 5.91 Å². The molecule has 182 valence electrons. The quantitative estimate of drug-likeness (QED) is 0.388. The fourth-order valence-corrected chi connectivity index (χ4v) is 4.17. The Morgan fingerprint density at radius 2 is 1.81 bits per heavy atom. The molecule has 0 aliphatic carbocycles. The van der Waals surface area contributed by atoms with Crippen molar-refractivity contribution in [3.05, 3.63) is 79.4 Å². The number of nitrogens with zero attached hydrogens (tertiary/aromatic N) is 5. The highest BCUT2D eigenvalue weighted by molar-refractivity contribution is 6.00. The molecule has 2 N–H and O–H groups in total. The zero-order chi connectivity index (χ0) is 24.9. The first-order valence-corrected chi connectivity index (χ1v) is 11.7. The maximum absolute atomic E-state index is 12.3. The average molecular weight is 484 g/mol. The van der Waals surface area contributed by atoms with Crippen LogP contribution in [0.5, 0.6) is 0 Å². The number of benzene rings is 2. The van der Waals surface area contributed by atoms with Crippen molar-refractivity contribution in [2.75, 3.05) is 48.8 Å². The number of fused-ring (bicyclic) bond motifs is 1. The van der Waals surface area contributed by atoms with E-state index in [0.717, 1.165) is 65.8 Å². The van der Waals surface area contributed by atoms with E-state index in [0.29, 0.717) is 11.6 Å². The van der Waals surface area contributed by atoms with Crippen molar-refractivity contribution in [2.45, 2.75) is 0 Å². The molecule has 1 aliphatic rings. The van der Waals surface area contributed by atoms with Crippen molar-refractivity contribution in [3.8, 4) is 11.1 Å². The predicted molar refractivity (Wildman–Crippen MR) is 141 cm³/mol. The Morgan fingerprint density at radius 3 is 2.58 bits per heavy atom. The molecule has 0 saturated carbocycles. The molecule has 1 amide bonds. The van der Waals surface area contributed by atoms with Gasteiger partial charge in [-0.25, -0.2) is 19.3 Å². The molecule has 0 atom stereocenters.